The number of nitrogens with one attached hydrogen (secondary N) is 1. The van der Waals surface area contributed by atoms with Crippen molar-refractivity contribution in [2.75, 3.05) is 37.6 Å². The molecule has 1 saturated carbocycles. The average molecular weight is 367 g/mol. The number of carbonyl (C=O) groups excluding carboxylic acids is 1. The summed E-state index contributed by atoms with van der Waals surface area (Å²) >= 11 is 0. The van der Waals surface area contributed by atoms with E-state index in [0.29, 0.717) is 12.3 Å². The van der Waals surface area contributed by atoms with Crippen LogP contribution in [0.3, 0.4) is 0 Å². The molecule has 0 radical (unpaired) electrons. The van der Waals surface area contributed by atoms with Crippen LogP contribution in [-0.4, -0.2) is 49.1 Å². The summed E-state index contributed by atoms with van der Waals surface area (Å²) in [6, 6.07) is 14.1. The molecule has 27 heavy (non-hydrogen) atoms. The molecule has 2 aromatic rings. The van der Waals surface area contributed by atoms with Gasteiger partial charge in [-0.3, -0.25) is 9.69 Å². The Morgan fingerprint density at radius 2 is 1.70 bits per heavy atom. The summed E-state index contributed by atoms with van der Waals surface area (Å²) in [5.41, 5.74) is 1.39. The highest BCUT2D eigenvalue weighted by Crippen LogP contribution is 2.34. The van der Waals surface area contributed by atoms with E-state index in [1.807, 2.05) is 0 Å². The molecule has 1 aliphatic carbocycles. The molecule has 1 aromatic heterocycles. The second-order valence-electron chi connectivity index (χ2n) is 7.75. The zero-order valence-electron chi connectivity index (χ0n) is 15.9. The standard InChI is InChI=1S/C22H29N3O2/c26-21(20-10-7-17-27-20)23-18-22(11-5-2-6-12-22)25-15-13-24(14-16-25)19-8-3-1-4-9-19/h1,3-4,7-10,17H,2,5-6,11-16,18H2,(H,23,26). The maximum absolute atomic E-state index is 12.4. The van der Waals surface area contributed by atoms with Gasteiger partial charge < -0.3 is 14.6 Å². The molecule has 5 heteroatoms. The molecule has 0 bridgehead atoms. The van der Waals surface area contributed by atoms with E-state index in [-0.39, 0.29) is 11.4 Å². The minimum Gasteiger partial charge on any atom is -0.459 e. The van der Waals surface area contributed by atoms with Crippen molar-refractivity contribution in [2.45, 2.75) is 37.6 Å². The molecular formula is C22H29N3O2. The summed E-state index contributed by atoms with van der Waals surface area (Å²) in [5, 5.41) is 3.15. The average Bonchev–Trinajstić information content (AvgIpc) is 3.29. The third kappa shape index (κ3) is 4.03. The molecule has 1 aliphatic heterocycles. The number of anilines is 1. The third-order valence-electron chi connectivity index (χ3n) is 6.18. The fourth-order valence-corrected chi connectivity index (χ4v) is 4.63. The van der Waals surface area contributed by atoms with Gasteiger partial charge in [0.15, 0.2) is 5.76 Å². The molecule has 0 spiro atoms. The fraction of sp³-hybridized carbons (Fsp3) is 0.500. The maximum Gasteiger partial charge on any atom is 0.287 e. The number of hydrogen-bond donors (Lipinski definition) is 1. The van der Waals surface area contributed by atoms with Crippen LogP contribution in [0.5, 0.6) is 0 Å². The van der Waals surface area contributed by atoms with Gasteiger partial charge in [-0.15, -0.1) is 0 Å². The normalized spacial score (nSPS) is 20.4. The molecule has 2 aliphatic rings. The van der Waals surface area contributed by atoms with Gasteiger partial charge in [-0.25, -0.2) is 0 Å². The van der Waals surface area contributed by atoms with E-state index in [0.717, 1.165) is 39.0 Å². The van der Waals surface area contributed by atoms with Crippen LogP contribution in [-0.2, 0) is 0 Å². The van der Waals surface area contributed by atoms with Crippen molar-refractivity contribution in [3.8, 4) is 0 Å². The topological polar surface area (TPSA) is 48.7 Å². The number of para-hydroxylation sites is 1. The molecule has 4 rings (SSSR count). The molecule has 144 valence electrons. The van der Waals surface area contributed by atoms with Crippen LogP contribution in [0.2, 0.25) is 0 Å². The van der Waals surface area contributed by atoms with Crippen LogP contribution in [0.4, 0.5) is 5.69 Å². The lowest BCUT2D eigenvalue weighted by atomic mass is 9.79. The van der Waals surface area contributed by atoms with Gasteiger partial charge in [0, 0.05) is 44.0 Å². The Balaban J connectivity index is 1.40. The maximum atomic E-state index is 12.4. The number of rotatable bonds is 5. The van der Waals surface area contributed by atoms with Gasteiger partial charge in [0.1, 0.15) is 0 Å². The number of benzene rings is 1. The van der Waals surface area contributed by atoms with Crippen LogP contribution in [0.15, 0.2) is 53.1 Å². The Bertz CT molecular complexity index is 715. The molecule has 2 heterocycles. The molecule has 0 unspecified atom stereocenters. The van der Waals surface area contributed by atoms with Crippen molar-refractivity contribution >= 4 is 11.6 Å². The molecule has 2 fully saturated rings. The quantitative estimate of drug-likeness (QED) is 0.878. The first-order valence-electron chi connectivity index (χ1n) is 10.1. The highest BCUT2D eigenvalue weighted by Gasteiger charge is 2.39. The van der Waals surface area contributed by atoms with Gasteiger partial charge in [-0.2, -0.15) is 0 Å². The van der Waals surface area contributed by atoms with Crippen molar-refractivity contribution < 1.29 is 9.21 Å². The van der Waals surface area contributed by atoms with E-state index in [1.54, 1.807) is 18.4 Å². The highest BCUT2D eigenvalue weighted by molar-refractivity contribution is 5.91. The SMILES string of the molecule is O=C(NCC1(N2CCN(c3ccccc3)CC2)CCCCC1)c1ccco1. The Hall–Kier alpha value is -2.27. The van der Waals surface area contributed by atoms with E-state index in [4.69, 9.17) is 4.42 Å². The van der Waals surface area contributed by atoms with Gasteiger partial charge in [0.05, 0.1) is 6.26 Å². The van der Waals surface area contributed by atoms with Crippen molar-refractivity contribution in [3.05, 3.63) is 54.5 Å². The van der Waals surface area contributed by atoms with E-state index < -0.39 is 0 Å². The molecule has 1 saturated heterocycles. The molecular weight excluding hydrogens is 338 g/mol. The second-order valence-corrected chi connectivity index (χ2v) is 7.75. The van der Waals surface area contributed by atoms with E-state index >= 15 is 0 Å². The Morgan fingerprint density at radius 1 is 0.963 bits per heavy atom. The predicted octanol–water partition coefficient (Wildman–Crippen LogP) is 3.53. The summed E-state index contributed by atoms with van der Waals surface area (Å²) in [7, 11) is 0. The fourth-order valence-electron chi connectivity index (χ4n) is 4.63. The number of hydrogen-bond acceptors (Lipinski definition) is 4. The van der Waals surface area contributed by atoms with Crippen molar-refractivity contribution in [1.82, 2.24) is 10.2 Å². The number of carbonyl (C=O) groups is 1. The van der Waals surface area contributed by atoms with Gasteiger partial charge in [-0.05, 0) is 37.1 Å². The van der Waals surface area contributed by atoms with Gasteiger partial charge in [0.25, 0.3) is 5.91 Å². The van der Waals surface area contributed by atoms with Gasteiger partial charge in [0.2, 0.25) is 0 Å². The molecule has 1 amide bonds. The first kappa shape index (κ1) is 18.1. The van der Waals surface area contributed by atoms with Crippen LogP contribution >= 0.6 is 0 Å². The monoisotopic (exact) mass is 367 g/mol. The van der Waals surface area contributed by atoms with Crippen molar-refractivity contribution in [1.29, 1.82) is 0 Å². The molecule has 1 N–H and O–H groups in total. The number of amides is 1. The van der Waals surface area contributed by atoms with Gasteiger partial charge >= 0.3 is 0 Å². The third-order valence-corrected chi connectivity index (χ3v) is 6.18. The summed E-state index contributed by atoms with van der Waals surface area (Å²) in [4.78, 5) is 17.5. The summed E-state index contributed by atoms with van der Waals surface area (Å²) in [6.07, 6.45) is 7.67. The zero-order chi connectivity index (χ0) is 18.5. The highest BCUT2D eigenvalue weighted by atomic mass is 16.3. The molecule has 0 atom stereocenters. The summed E-state index contributed by atoms with van der Waals surface area (Å²) < 4.78 is 5.24. The number of nitrogens with zero attached hydrogens (tertiary/aromatic N) is 2. The van der Waals surface area contributed by atoms with Crippen molar-refractivity contribution in [2.24, 2.45) is 0 Å². The predicted molar refractivity (Wildman–Crippen MR) is 107 cm³/mol. The van der Waals surface area contributed by atoms with Crippen LogP contribution < -0.4 is 10.2 Å². The minimum absolute atomic E-state index is 0.0866. The Kier molecular flexibility index (Phi) is 5.48. The van der Waals surface area contributed by atoms with Crippen molar-refractivity contribution in [3.63, 3.8) is 0 Å². The Morgan fingerprint density at radius 3 is 2.37 bits per heavy atom. The zero-order valence-corrected chi connectivity index (χ0v) is 15.9. The smallest absolute Gasteiger partial charge is 0.287 e. The van der Waals surface area contributed by atoms with Crippen LogP contribution in [0.1, 0.15) is 42.7 Å². The molecule has 5 nitrogen and oxygen atoms in total. The second kappa shape index (κ2) is 8.17. The number of piperazine rings is 1. The first-order valence-corrected chi connectivity index (χ1v) is 10.1. The summed E-state index contributed by atoms with van der Waals surface area (Å²) in [5.74, 6) is 0.294. The lowest BCUT2D eigenvalue weighted by molar-refractivity contribution is 0.0422. The summed E-state index contributed by atoms with van der Waals surface area (Å²) in [6.45, 7) is 4.88. The van der Waals surface area contributed by atoms with E-state index in [1.165, 1.54) is 24.9 Å². The van der Waals surface area contributed by atoms with Crippen LogP contribution in [0.25, 0.3) is 0 Å². The largest absolute Gasteiger partial charge is 0.459 e. The minimum atomic E-state index is -0.104. The first-order chi connectivity index (χ1) is 13.3. The number of furan rings is 1. The van der Waals surface area contributed by atoms with Crippen LogP contribution in [0, 0.1) is 0 Å². The lowest BCUT2D eigenvalue weighted by Crippen LogP contribution is -2.62. The van der Waals surface area contributed by atoms with E-state index in [2.05, 4.69) is 45.4 Å². The van der Waals surface area contributed by atoms with Gasteiger partial charge in [-0.1, -0.05) is 37.5 Å². The van der Waals surface area contributed by atoms with E-state index in [9.17, 15) is 4.79 Å². The Labute approximate surface area is 161 Å². The molecule has 1 aromatic carbocycles. The lowest BCUT2D eigenvalue weighted by Gasteiger charge is -2.50.